The number of carbonyl (C=O) groups is 1. The van der Waals surface area contributed by atoms with Crippen LogP contribution in [0.5, 0.6) is 5.75 Å². The van der Waals surface area contributed by atoms with E-state index in [1.807, 2.05) is 31.2 Å². The lowest BCUT2D eigenvalue weighted by Crippen LogP contribution is -1.98. The monoisotopic (exact) mass is 192 g/mol. The van der Waals surface area contributed by atoms with Crippen molar-refractivity contribution in [3.63, 3.8) is 0 Å². The number of carbonyl (C=O) groups excluding carboxylic acids is 1. The number of ether oxygens (including phenoxy) is 1. The number of benzene rings is 1. The molecule has 0 spiro atoms. The van der Waals surface area contributed by atoms with Crippen molar-refractivity contribution in [2.24, 2.45) is 0 Å². The van der Waals surface area contributed by atoms with E-state index in [0.717, 1.165) is 30.6 Å². The van der Waals surface area contributed by atoms with E-state index in [9.17, 15) is 4.79 Å². The molecule has 1 aromatic carbocycles. The van der Waals surface area contributed by atoms with Crippen molar-refractivity contribution in [1.29, 1.82) is 0 Å². The largest absolute Gasteiger partial charge is 0.494 e. The number of rotatable bonds is 5. The molecule has 0 N–H and O–H groups in total. The van der Waals surface area contributed by atoms with Gasteiger partial charge in [0.2, 0.25) is 0 Å². The topological polar surface area (TPSA) is 26.3 Å². The van der Waals surface area contributed by atoms with Gasteiger partial charge in [-0.2, -0.15) is 0 Å². The zero-order chi connectivity index (χ0) is 10.4. The molecule has 0 saturated carbocycles. The van der Waals surface area contributed by atoms with Crippen LogP contribution in [0.4, 0.5) is 0 Å². The molecule has 0 bridgehead atoms. The Bertz CT molecular complexity index is 294. The maximum Gasteiger partial charge on any atom is 0.127 e. The summed E-state index contributed by atoms with van der Waals surface area (Å²) in [6, 6.07) is 7.70. The summed E-state index contributed by atoms with van der Waals surface area (Å²) < 4.78 is 5.47. The van der Waals surface area contributed by atoms with Crippen molar-refractivity contribution < 1.29 is 9.53 Å². The molecule has 1 rings (SSSR count). The van der Waals surface area contributed by atoms with Gasteiger partial charge < -0.3 is 9.53 Å². The quantitative estimate of drug-likeness (QED) is 0.670. The third-order valence-electron chi connectivity index (χ3n) is 2.06. The molecule has 1 aromatic rings. The van der Waals surface area contributed by atoms with Crippen molar-refractivity contribution in [2.75, 3.05) is 6.61 Å². The molecule has 0 fully saturated rings. The summed E-state index contributed by atoms with van der Waals surface area (Å²) in [5.74, 6) is 0.790. The molecule has 0 saturated heterocycles. The Morgan fingerprint density at radius 2 is 2.29 bits per heavy atom. The second-order valence-corrected chi connectivity index (χ2v) is 3.35. The molecule has 1 unspecified atom stereocenters. The first-order chi connectivity index (χ1) is 6.77. The van der Waals surface area contributed by atoms with Crippen LogP contribution in [0.25, 0.3) is 0 Å². The van der Waals surface area contributed by atoms with E-state index >= 15 is 0 Å². The van der Waals surface area contributed by atoms with E-state index in [4.69, 9.17) is 4.74 Å². The highest BCUT2D eigenvalue weighted by molar-refractivity contribution is 5.61. The number of hydrogen-bond acceptors (Lipinski definition) is 2. The smallest absolute Gasteiger partial charge is 0.127 e. The standard InChI is InChI=1S/C12H16O2/c1-3-7-14-12-6-4-5-11(8-12)10(2)9-13/h4-6,8-10H,3,7H2,1-2H3. The van der Waals surface area contributed by atoms with Gasteiger partial charge in [0.25, 0.3) is 0 Å². The molecule has 0 aromatic heterocycles. The van der Waals surface area contributed by atoms with E-state index in [-0.39, 0.29) is 5.92 Å². The average Bonchev–Trinajstić information content (AvgIpc) is 2.25. The summed E-state index contributed by atoms with van der Waals surface area (Å²) in [6.07, 6.45) is 1.94. The van der Waals surface area contributed by atoms with E-state index in [0.29, 0.717) is 0 Å². The van der Waals surface area contributed by atoms with Gasteiger partial charge in [-0.1, -0.05) is 26.0 Å². The average molecular weight is 192 g/mol. The Kier molecular flexibility index (Phi) is 4.17. The van der Waals surface area contributed by atoms with E-state index < -0.39 is 0 Å². The Balaban J connectivity index is 2.73. The minimum atomic E-state index is -0.0554. The maximum absolute atomic E-state index is 10.6. The highest BCUT2D eigenvalue weighted by Gasteiger charge is 2.04. The molecule has 0 aliphatic rings. The summed E-state index contributed by atoms with van der Waals surface area (Å²) in [4.78, 5) is 10.6. The summed E-state index contributed by atoms with van der Waals surface area (Å²) in [7, 11) is 0. The summed E-state index contributed by atoms with van der Waals surface area (Å²) in [5.41, 5.74) is 1.01. The van der Waals surface area contributed by atoms with Crippen LogP contribution >= 0.6 is 0 Å². The summed E-state index contributed by atoms with van der Waals surface area (Å²) in [6.45, 7) is 4.67. The fraction of sp³-hybridized carbons (Fsp3) is 0.417. The third kappa shape index (κ3) is 2.87. The molecule has 14 heavy (non-hydrogen) atoms. The molecule has 0 heterocycles. The second kappa shape index (κ2) is 5.43. The van der Waals surface area contributed by atoms with E-state index in [1.54, 1.807) is 0 Å². The molecular formula is C12H16O2. The van der Waals surface area contributed by atoms with Crippen LogP contribution in [0.2, 0.25) is 0 Å². The fourth-order valence-corrected chi connectivity index (χ4v) is 1.19. The SMILES string of the molecule is CCCOc1cccc(C(C)C=O)c1. The van der Waals surface area contributed by atoms with Crippen LogP contribution < -0.4 is 4.74 Å². The van der Waals surface area contributed by atoms with Crippen molar-refractivity contribution in [2.45, 2.75) is 26.2 Å². The molecular weight excluding hydrogens is 176 g/mol. The predicted molar refractivity (Wildman–Crippen MR) is 56.7 cm³/mol. The van der Waals surface area contributed by atoms with Gasteiger partial charge in [-0.15, -0.1) is 0 Å². The van der Waals surface area contributed by atoms with Gasteiger partial charge in [0.05, 0.1) is 6.61 Å². The van der Waals surface area contributed by atoms with Crippen LogP contribution in [-0.2, 0) is 4.79 Å². The highest BCUT2D eigenvalue weighted by Crippen LogP contribution is 2.19. The van der Waals surface area contributed by atoms with Crippen molar-refractivity contribution in [1.82, 2.24) is 0 Å². The first-order valence-corrected chi connectivity index (χ1v) is 4.96. The lowest BCUT2D eigenvalue weighted by Gasteiger charge is -2.08. The normalized spacial score (nSPS) is 12.1. The van der Waals surface area contributed by atoms with Gasteiger partial charge in [0.1, 0.15) is 12.0 Å². The molecule has 0 amide bonds. The van der Waals surface area contributed by atoms with E-state index in [1.165, 1.54) is 0 Å². The van der Waals surface area contributed by atoms with Crippen LogP contribution in [0, 0.1) is 0 Å². The third-order valence-corrected chi connectivity index (χ3v) is 2.06. The summed E-state index contributed by atoms with van der Waals surface area (Å²) in [5, 5.41) is 0. The lowest BCUT2D eigenvalue weighted by molar-refractivity contribution is -0.108. The van der Waals surface area contributed by atoms with Gasteiger partial charge in [-0.25, -0.2) is 0 Å². The number of aldehydes is 1. The van der Waals surface area contributed by atoms with E-state index in [2.05, 4.69) is 6.92 Å². The Labute approximate surface area is 84.9 Å². The molecule has 2 nitrogen and oxygen atoms in total. The Hall–Kier alpha value is -1.31. The highest BCUT2D eigenvalue weighted by atomic mass is 16.5. The van der Waals surface area contributed by atoms with Gasteiger partial charge >= 0.3 is 0 Å². The van der Waals surface area contributed by atoms with Crippen LogP contribution in [-0.4, -0.2) is 12.9 Å². The minimum absolute atomic E-state index is 0.0554. The van der Waals surface area contributed by atoms with Gasteiger partial charge in [-0.3, -0.25) is 0 Å². The molecule has 1 atom stereocenters. The maximum atomic E-state index is 10.6. The minimum Gasteiger partial charge on any atom is -0.494 e. The fourth-order valence-electron chi connectivity index (χ4n) is 1.19. The number of hydrogen-bond donors (Lipinski definition) is 0. The lowest BCUT2D eigenvalue weighted by atomic mass is 10.0. The van der Waals surface area contributed by atoms with Crippen LogP contribution in [0.15, 0.2) is 24.3 Å². The van der Waals surface area contributed by atoms with Crippen molar-refractivity contribution in [3.05, 3.63) is 29.8 Å². The zero-order valence-electron chi connectivity index (χ0n) is 8.69. The first kappa shape index (κ1) is 10.8. The molecule has 0 aliphatic heterocycles. The summed E-state index contributed by atoms with van der Waals surface area (Å²) >= 11 is 0. The zero-order valence-corrected chi connectivity index (χ0v) is 8.69. The van der Waals surface area contributed by atoms with Crippen molar-refractivity contribution >= 4 is 6.29 Å². The Morgan fingerprint density at radius 3 is 2.93 bits per heavy atom. The first-order valence-electron chi connectivity index (χ1n) is 4.96. The van der Waals surface area contributed by atoms with Gasteiger partial charge in [0, 0.05) is 5.92 Å². The second-order valence-electron chi connectivity index (χ2n) is 3.35. The van der Waals surface area contributed by atoms with Crippen LogP contribution in [0.1, 0.15) is 31.7 Å². The predicted octanol–water partition coefficient (Wildman–Crippen LogP) is 2.78. The van der Waals surface area contributed by atoms with Gasteiger partial charge in [-0.05, 0) is 24.1 Å². The molecule has 0 radical (unpaired) electrons. The van der Waals surface area contributed by atoms with Crippen molar-refractivity contribution in [3.8, 4) is 5.75 Å². The molecule has 2 heteroatoms. The Morgan fingerprint density at radius 1 is 1.50 bits per heavy atom. The molecule has 0 aliphatic carbocycles. The van der Waals surface area contributed by atoms with Gasteiger partial charge in [0.15, 0.2) is 0 Å². The van der Waals surface area contributed by atoms with Crippen LogP contribution in [0.3, 0.4) is 0 Å². The molecule has 76 valence electrons.